The molecule has 0 radical (unpaired) electrons. The molecule has 1 fully saturated rings. The highest BCUT2D eigenvalue weighted by Crippen LogP contribution is 2.21. The van der Waals surface area contributed by atoms with Crippen LogP contribution in [0, 0.1) is 0 Å². The van der Waals surface area contributed by atoms with Crippen molar-refractivity contribution in [1.82, 2.24) is 5.32 Å². The van der Waals surface area contributed by atoms with Crippen molar-refractivity contribution < 1.29 is 4.74 Å². The van der Waals surface area contributed by atoms with Crippen molar-refractivity contribution in [2.45, 2.75) is 51.2 Å². The molecule has 2 nitrogen and oxygen atoms in total. The van der Waals surface area contributed by atoms with Gasteiger partial charge in [-0.15, -0.1) is 0 Å². The average molecular weight is 171 g/mol. The molecule has 1 unspecified atom stereocenters. The quantitative estimate of drug-likeness (QED) is 0.700. The molecule has 0 amide bonds. The number of ether oxygens (including phenoxy) is 1. The molecule has 1 rings (SSSR count). The van der Waals surface area contributed by atoms with Gasteiger partial charge >= 0.3 is 0 Å². The van der Waals surface area contributed by atoms with Crippen LogP contribution in [0.4, 0.5) is 0 Å². The van der Waals surface area contributed by atoms with E-state index in [1.54, 1.807) is 0 Å². The lowest BCUT2D eigenvalue weighted by atomic mass is 9.93. The van der Waals surface area contributed by atoms with Crippen LogP contribution < -0.4 is 5.32 Å². The number of rotatable bonds is 3. The Morgan fingerprint density at radius 2 is 2.17 bits per heavy atom. The first-order valence-corrected chi connectivity index (χ1v) is 4.94. The van der Waals surface area contributed by atoms with Gasteiger partial charge in [0.05, 0.1) is 6.10 Å². The molecule has 0 bridgehead atoms. The van der Waals surface area contributed by atoms with Crippen LogP contribution in [-0.2, 0) is 4.74 Å². The van der Waals surface area contributed by atoms with E-state index in [0.29, 0.717) is 6.10 Å². The third-order valence-corrected chi connectivity index (χ3v) is 2.69. The fourth-order valence-electron chi connectivity index (χ4n) is 1.64. The Bertz CT molecular complexity index is 128. The van der Waals surface area contributed by atoms with E-state index in [4.69, 9.17) is 4.74 Å². The lowest BCUT2D eigenvalue weighted by Crippen LogP contribution is -2.40. The zero-order valence-electron chi connectivity index (χ0n) is 8.52. The van der Waals surface area contributed by atoms with Gasteiger partial charge in [-0.3, -0.25) is 0 Å². The molecule has 1 aliphatic rings. The van der Waals surface area contributed by atoms with E-state index in [9.17, 15) is 0 Å². The first kappa shape index (κ1) is 10.0. The van der Waals surface area contributed by atoms with Gasteiger partial charge in [0.2, 0.25) is 0 Å². The summed E-state index contributed by atoms with van der Waals surface area (Å²) in [6, 6.07) is 0. The van der Waals surface area contributed by atoms with E-state index in [-0.39, 0.29) is 5.54 Å². The summed E-state index contributed by atoms with van der Waals surface area (Å²) in [5, 5.41) is 3.31. The minimum atomic E-state index is 0.224. The molecule has 12 heavy (non-hydrogen) atoms. The molecule has 1 aliphatic heterocycles. The fraction of sp³-hybridized carbons (Fsp3) is 1.00. The molecule has 0 saturated carbocycles. The first-order valence-electron chi connectivity index (χ1n) is 4.94. The second kappa shape index (κ2) is 4.24. The van der Waals surface area contributed by atoms with E-state index in [0.717, 1.165) is 13.0 Å². The molecule has 0 aromatic heterocycles. The van der Waals surface area contributed by atoms with Crippen molar-refractivity contribution in [3.8, 4) is 0 Å². The second-order valence-electron chi connectivity index (χ2n) is 4.33. The van der Waals surface area contributed by atoms with E-state index in [2.05, 4.69) is 19.2 Å². The molecular formula is C10H21NO. The summed E-state index contributed by atoms with van der Waals surface area (Å²) in [6.07, 6.45) is 5.44. The Hall–Kier alpha value is -0.0800. The highest BCUT2D eigenvalue weighted by molar-refractivity contribution is 4.80. The molecule has 0 spiro atoms. The maximum Gasteiger partial charge on any atom is 0.0592 e. The minimum Gasteiger partial charge on any atom is -0.378 e. The summed E-state index contributed by atoms with van der Waals surface area (Å²) in [5.74, 6) is 0. The smallest absolute Gasteiger partial charge is 0.0592 e. The molecule has 2 heteroatoms. The van der Waals surface area contributed by atoms with Gasteiger partial charge in [0.25, 0.3) is 0 Å². The summed E-state index contributed by atoms with van der Waals surface area (Å²) in [7, 11) is 2.02. The van der Waals surface area contributed by atoms with E-state index < -0.39 is 0 Å². The molecule has 0 aromatic rings. The topological polar surface area (TPSA) is 21.3 Å². The monoisotopic (exact) mass is 171 g/mol. The van der Waals surface area contributed by atoms with Gasteiger partial charge in [-0.05, 0) is 46.6 Å². The van der Waals surface area contributed by atoms with Gasteiger partial charge in [-0.25, -0.2) is 0 Å². The van der Waals surface area contributed by atoms with Gasteiger partial charge in [-0.2, -0.15) is 0 Å². The Labute approximate surface area is 75.7 Å². The van der Waals surface area contributed by atoms with Crippen LogP contribution in [0.5, 0.6) is 0 Å². The maximum atomic E-state index is 5.68. The summed E-state index contributed by atoms with van der Waals surface area (Å²) in [4.78, 5) is 0. The third kappa shape index (κ3) is 3.11. The van der Waals surface area contributed by atoms with Gasteiger partial charge in [0.15, 0.2) is 0 Å². The molecule has 72 valence electrons. The van der Waals surface area contributed by atoms with Crippen molar-refractivity contribution >= 4 is 0 Å². The lowest BCUT2D eigenvalue weighted by Gasteiger charge is -2.31. The van der Waals surface area contributed by atoms with Gasteiger partial charge in [-0.1, -0.05) is 0 Å². The SMILES string of the molecule is CNC(C)(C)CC1CCCCO1. The summed E-state index contributed by atoms with van der Waals surface area (Å²) < 4.78 is 5.68. The van der Waals surface area contributed by atoms with Crippen LogP contribution in [0.3, 0.4) is 0 Å². The normalized spacial score (nSPS) is 25.8. The molecule has 0 aromatic carbocycles. The van der Waals surface area contributed by atoms with Crippen molar-refractivity contribution in [1.29, 1.82) is 0 Å². The Morgan fingerprint density at radius 1 is 1.42 bits per heavy atom. The van der Waals surface area contributed by atoms with E-state index in [1.165, 1.54) is 19.3 Å². The zero-order chi connectivity index (χ0) is 9.03. The molecule has 0 aliphatic carbocycles. The van der Waals surface area contributed by atoms with Gasteiger partial charge in [0.1, 0.15) is 0 Å². The van der Waals surface area contributed by atoms with Crippen LogP contribution in [0.2, 0.25) is 0 Å². The lowest BCUT2D eigenvalue weighted by molar-refractivity contribution is -0.00192. The van der Waals surface area contributed by atoms with Crippen LogP contribution in [0.1, 0.15) is 39.5 Å². The Balaban J connectivity index is 2.28. The van der Waals surface area contributed by atoms with E-state index in [1.807, 2.05) is 7.05 Å². The van der Waals surface area contributed by atoms with Crippen LogP contribution in [0.25, 0.3) is 0 Å². The molecule has 1 saturated heterocycles. The van der Waals surface area contributed by atoms with Gasteiger partial charge in [0, 0.05) is 12.1 Å². The molecule has 1 heterocycles. The summed E-state index contributed by atoms with van der Waals surface area (Å²) in [5.41, 5.74) is 0.224. The molecule has 1 atom stereocenters. The number of hydrogen-bond acceptors (Lipinski definition) is 2. The zero-order valence-corrected chi connectivity index (χ0v) is 8.52. The predicted octanol–water partition coefficient (Wildman–Crippen LogP) is 1.94. The van der Waals surface area contributed by atoms with Crippen molar-refractivity contribution in [2.75, 3.05) is 13.7 Å². The number of hydrogen-bond donors (Lipinski definition) is 1. The van der Waals surface area contributed by atoms with E-state index >= 15 is 0 Å². The van der Waals surface area contributed by atoms with Crippen molar-refractivity contribution in [3.63, 3.8) is 0 Å². The van der Waals surface area contributed by atoms with Crippen LogP contribution in [-0.4, -0.2) is 25.3 Å². The van der Waals surface area contributed by atoms with Crippen molar-refractivity contribution in [2.24, 2.45) is 0 Å². The Kier molecular flexibility index (Phi) is 3.53. The minimum absolute atomic E-state index is 0.224. The van der Waals surface area contributed by atoms with Crippen LogP contribution in [0.15, 0.2) is 0 Å². The second-order valence-corrected chi connectivity index (χ2v) is 4.33. The average Bonchev–Trinajstić information content (AvgIpc) is 2.06. The number of nitrogens with one attached hydrogen (secondary N) is 1. The predicted molar refractivity (Wildman–Crippen MR) is 51.3 cm³/mol. The largest absolute Gasteiger partial charge is 0.378 e. The summed E-state index contributed by atoms with van der Waals surface area (Å²) >= 11 is 0. The standard InChI is InChI=1S/C10H21NO/c1-10(2,11-3)8-9-6-4-5-7-12-9/h9,11H,4-8H2,1-3H3. The highest BCUT2D eigenvalue weighted by atomic mass is 16.5. The first-order chi connectivity index (χ1) is 5.64. The maximum absolute atomic E-state index is 5.68. The molecule has 1 N–H and O–H groups in total. The highest BCUT2D eigenvalue weighted by Gasteiger charge is 2.23. The summed E-state index contributed by atoms with van der Waals surface area (Å²) in [6.45, 7) is 5.42. The Morgan fingerprint density at radius 3 is 2.67 bits per heavy atom. The van der Waals surface area contributed by atoms with Crippen molar-refractivity contribution in [3.05, 3.63) is 0 Å². The molecular weight excluding hydrogens is 150 g/mol. The van der Waals surface area contributed by atoms with Gasteiger partial charge < -0.3 is 10.1 Å². The fourth-order valence-corrected chi connectivity index (χ4v) is 1.64. The van der Waals surface area contributed by atoms with Crippen LogP contribution >= 0.6 is 0 Å². The third-order valence-electron chi connectivity index (χ3n) is 2.69.